The summed E-state index contributed by atoms with van der Waals surface area (Å²) in [6.45, 7) is 2.69. The summed E-state index contributed by atoms with van der Waals surface area (Å²) in [6.07, 6.45) is -4.52. The molecule has 1 heterocycles. The van der Waals surface area contributed by atoms with Crippen molar-refractivity contribution in [1.82, 2.24) is 0 Å². The fourth-order valence-electron chi connectivity index (χ4n) is 3.73. The fraction of sp³-hybridized carbons (Fsp3) is 0.200. The molecule has 0 fully saturated rings. The molecule has 0 aliphatic carbocycles. The lowest BCUT2D eigenvalue weighted by Gasteiger charge is -2.26. The minimum atomic E-state index is -4.52. The Bertz CT molecular complexity index is 1250. The van der Waals surface area contributed by atoms with Gasteiger partial charge in [-0.25, -0.2) is 0 Å². The summed E-state index contributed by atoms with van der Waals surface area (Å²) in [4.78, 5) is 1.99. The maximum Gasteiger partial charge on any atom is 0.449 e. The molecule has 1 aromatic heterocycles. The molecule has 4 aromatic rings. The van der Waals surface area contributed by atoms with Crippen molar-refractivity contribution in [1.29, 1.82) is 0 Å². The lowest BCUT2D eigenvalue weighted by molar-refractivity contribution is -0.153. The van der Waals surface area contributed by atoms with Crippen LogP contribution in [0.15, 0.2) is 75.6 Å². The molecule has 0 atom stereocenters. The van der Waals surface area contributed by atoms with E-state index in [1.165, 1.54) is 6.07 Å². The highest BCUT2D eigenvalue weighted by molar-refractivity contribution is 9.10. The van der Waals surface area contributed by atoms with Crippen molar-refractivity contribution in [2.45, 2.75) is 26.2 Å². The average Bonchev–Trinajstić information content (AvgIpc) is 3.25. The number of halogens is 4. The summed E-state index contributed by atoms with van der Waals surface area (Å²) in [5.41, 5.74) is 3.02. The molecule has 0 radical (unpaired) electrons. The second kappa shape index (κ2) is 8.90. The van der Waals surface area contributed by atoms with E-state index >= 15 is 0 Å². The second-order valence-corrected chi connectivity index (χ2v) is 8.38. The van der Waals surface area contributed by atoms with E-state index in [9.17, 15) is 13.2 Å². The van der Waals surface area contributed by atoms with Crippen LogP contribution in [0, 0.1) is 6.92 Å². The zero-order chi connectivity index (χ0) is 22.9. The van der Waals surface area contributed by atoms with Crippen LogP contribution >= 0.6 is 15.9 Å². The van der Waals surface area contributed by atoms with Crippen LogP contribution < -0.4 is 9.64 Å². The van der Waals surface area contributed by atoms with Gasteiger partial charge in [0.1, 0.15) is 11.5 Å². The number of aryl methyl sites for hydroxylation is 1. The van der Waals surface area contributed by atoms with Gasteiger partial charge in [0.05, 0.1) is 18.1 Å². The number of methoxy groups -OCH3 is 1. The Morgan fingerprint density at radius 2 is 1.75 bits per heavy atom. The van der Waals surface area contributed by atoms with Crippen LogP contribution in [0.1, 0.15) is 22.6 Å². The van der Waals surface area contributed by atoms with Crippen LogP contribution in [-0.2, 0) is 19.3 Å². The third kappa shape index (κ3) is 4.63. The number of ether oxygens (including phenoxy) is 1. The first kappa shape index (κ1) is 22.3. The maximum absolute atomic E-state index is 13.0. The second-order valence-electron chi connectivity index (χ2n) is 7.52. The first-order chi connectivity index (χ1) is 15.3. The SMILES string of the molecule is COc1cc(N(Cc2ccc(C(F)(F)F)o2)Cc2c(C)ccc3ccccc23)ccc1Br. The van der Waals surface area contributed by atoms with Crippen molar-refractivity contribution in [2.24, 2.45) is 0 Å². The Hall–Kier alpha value is -2.93. The minimum absolute atomic E-state index is 0.170. The quantitative estimate of drug-likeness (QED) is 0.269. The van der Waals surface area contributed by atoms with Gasteiger partial charge in [0.2, 0.25) is 5.76 Å². The Morgan fingerprint density at radius 1 is 0.969 bits per heavy atom. The largest absolute Gasteiger partial charge is 0.495 e. The molecular formula is C25H21BrF3NO2. The zero-order valence-corrected chi connectivity index (χ0v) is 19.1. The van der Waals surface area contributed by atoms with E-state index in [0.717, 1.165) is 38.1 Å². The van der Waals surface area contributed by atoms with E-state index in [-0.39, 0.29) is 12.3 Å². The zero-order valence-electron chi connectivity index (χ0n) is 17.5. The Labute approximate surface area is 192 Å². The van der Waals surface area contributed by atoms with E-state index in [2.05, 4.69) is 34.1 Å². The number of hydrogen-bond acceptors (Lipinski definition) is 3. The van der Waals surface area contributed by atoms with Gasteiger partial charge in [-0.3, -0.25) is 0 Å². The number of rotatable bonds is 6. The molecular weight excluding hydrogens is 483 g/mol. The summed E-state index contributed by atoms with van der Waals surface area (Å²) < 4.78 is 50.5. The summed E-state index contributed by atoms with van der Waals surface area (Å²) in [5, 5.41) is 2.22. The first-order valence-corrected chi connectivity index (χ1v) is 10.8. The highest BCUT2D eigenvalue weighted by Gasteiger charge is 2.35. The third-order valence-electron chi connectivity index (χ3n) is 5.41. The lowest BCUT2D eigenvalue weighted by atomic mass is 9.99. The third-order valence-corrected chi connectivity index (χ3v) is 6.07. The van der Waals surface area contributed by atoms with Crippen LogP contribution in [0.2, 0.25) is 0 Å². The molecule has 7 heteroatoms. The minimum Gasteiger partial charge on any atom is -0.495 e. The van der Waals surface area contributed by atoms with Gasteiger partial charge >= 0.3 is 6.18 Å². The predicted octanol–water partition coefficient (Wildman–Crippen LogP) is 7.74. The number of nitrogens with zero attached hydrogens (tertiary/aromatic N) is 1. The Morgan fingerprint density at radius 3 is 2.47 bits per heavy atom. The first-order valence-electron chi connectivity index (χ1n) is 9.98. The molecule has 0 saturated heterocycles. The number of alkyl halides is 3. The van der Waals surface area contributed by atoms with E-state index in [0.29, 0.717) is 12.3 Å². The van der Waals surface area contributed by atoms with E-state index in [1.807, 2.05) is 48.2 Å². The summed E-state index contributed by atoms with van der Waals surface area (Å²) >= 11 is 3.46. The molecule has 0 aliphatic rings. The monoisotopic (exact) mass is 503 g/mol. The number of anilines is 1. The standard InChI is InChI=1S/C25H21BrF3NO2/c1-16-7-8-17-5-3-4-6-20(17)21(16)15-30(18-9-11-22(26)23(13-18)31-2)14-19-10-12-24(32-19)25(27,28)29/h3-13H,14-15H2,1-2H3. The Kier molecular flexibility index (Phi) is 6.20. The molecule has 3 aromatic carbocycles. The fourth-order valence-corrected chi connectivity index (χ4v) is 4.14. The van der Waals surface area contributed by atoms with Crippen LogP contribution in [0.5, 0.6) is 5.75 Å². The molecule has 32 heavy (non-hydrogen) atoms. The van der Waals surface area contributed by atoms with Crippen LogP contribution in [-0.4, -0.2) is 7.11 Å². The summed E-state index contributed by atoms with van der Waals surface area (Å²) in [7, 11) is 1.57. The van der Waals surface area contributed by atoms with Gasteiger partial charge in [-0.1, -0.05) is 36.4 Å². The van der Waals surface area contributed by atoms with Gasteiger partial charge in [-0.2, -0.15) is 13.2 Å². The maximum atomic E-state index is 13.0. The van der Waals surface area contributed by atoms with Crippen molar-refractivity contribution in [3.8, 4) is 5.75 Å². The van der Waals surface area contributed by atoms with Crippen LogP contribution in [0.4, 0.5) is 18.9 Å². The van der Waals surface area contributed by atoms with Crippen molar-refractivity contribution in [3.05, 3.63) is 93.9 Å². The molecule has 0 amide bonds. The number of fused-ring (bicyclic) bond motifs is 1. The Balaban J connectivity index is 1.76. The topological polar surface area (TPSA) is 25.6 Å². The van der Waals surface area contributed by atoms with E-state index in [1.54, 1.807) is 7.11 Å². The average molecular weight is 504 g/mol. The molecule has 0 unspecified atom stereocenters. The number of furan rings is 1. The molecule has 0 saturated carbocycles. The van der Waals surface area contributed by atoms with Gasteiger partial charge in [0, 0.05) is 18.3 Å². The van der Waals surface area contributed by atoms with Crippen molar-refractivity contribution < 1.29 is 22.3 Å². The van der Waals surface area contributed by atoms with Crippen molar-refractivity contribution >= 4 is 32.4 Å². The van der Waals surface area contributed by atoms with Crippen LogP contribution in [0.25, 0.3) is 10.8 Å². The highest BCUT2D eigenvalue weighted by Crippen LogP contribution is 2.34. The molecule has 3 nitrogen and oxygen atoms in total. The summed E-state index contributed by atoms with van der Waals surface area (Å²) in [6, 6.07) is 20.2. The van der Waals surface area contributed by atoms with Gasteiger partial charge in [0.15, 0.2) is 0 Å². The van der Waals surface area contributed by atoms with Gasteiger partial charge in [-0.05, 0) is 69.0 Å². The molecule has 166 valence electrons. The number of benzene rings is 3. The van der Waals surface area contributed by atoms with E-state index in [4.69, 9.17) is 9.15 Å². The molecule has 0 N–H and O–H groups in total. The van der Waals surface area contributed by atoms with Crippen molar-refractivity contribution in [3.63, 3.8) is 0 Å². The van der Waals surface area contributed by atoms with Gasteiger partial charge < -0.3 is 14.1 Å². The van der Waals surface area contributed by atoms with Gasteiger partial charge in [0.25, 0.3) is 0 Å². The number of hydrogen-bond donors (Lipinski definition) is 0. The smallest absolute Gasteiger partial charge is 0.449 e. The normalized spacial score (nSPS) is 11.7. The molecule has 0 aliphatic heterocycles. The van der Waals surface area contributed by atoms with Gasteiger partial charge in [-0.15, -0.1) is 0 Å². The molecule has 0 spiro atoms. The summed E-state index contributed by atoms with van der Waals surface area (Å²) in [5.74, 6) is -0.128. The van der Waals surface area contributed by atoms with E-state index < -0.39 is 11.9 Å². The van der Waals surface area contributed by atoms with Crippen LogP contribution in [0.3, 0.4) is 0 Å². The molecule has 0 bridgehead atoms. The van der Waals surface area contributed by atoms with Crippen molar-refractivity contribution in [2.75, 3.05) is 12.0 Å². The lowest BCUT2D eigenvalue weighted by Crippen LogP contribution is -2.22. The molecule has 4 rings (SSSR count). The highest BCUT2D eigenvalue weighted by atomic mass is 79.9. The predicted molar refractivity (Wildman–Crippen MR) is 123 cm³/mol.